The number of methoxy groups -OCH3 is 1. The van der Waals surface area contributed by atoms with Gasteiger partial charge in [0.05, 0.1) is 17.7 Å². The molecule has 7 nitrogen and oxygen atoms in total. The molecular weight excluding hydrogens is 512 g/mol. The van der Waals surface area contributed by atoms with E-state index in [1.54, 1.807) is 29.5 Å². The highest BCUT2D eigenvalue weighted by Crippen LogP contribution is 2.37. The van der Waals surface area contributed by atoms with Crippen LogP contribution >= 0.6 is 46.0 Å². The third kappa shape index (κ3) is 5.25. The van der Waals surface area contributed by atoms with Crippen LogP contribution in [-0.2, 0) is 16.1 Å². The predicted octanol–water partition coefficient (Wildman–Crippen LogP) is 6.09. The van der Waals surface area contributed by atoms with Gasteiger partial charge in [0.1, 0.15) is 10.6 Å². The first kappa shape index (κ1) is 24.2. The number of ether oxygens (including phenoxy) is 1. The molecule has 3 heterocycles. The van der Waals surface area contributed by atoms with Crippen molar-refractivity contribution in [3.05, 3.63) is 70.4 Å². The van der Waals surface area contributed by atoms with Gasteiger partial charge in [0.25, 0.3) is 0 Å². The fourth-order valence-electron chi connectivity index (χ4n) is 3.17. The van der Waals surface area contributed by atoms with Gasteiger partial charge in [-0.15, -0.1) is 39.4 Å². The molecule has 1 amide bonds. The van der Waals surface area contributed by atoms with Gasteiger partial charge in [-0.05, 0) is 29.1 Å². The van der Waals surface area contributed by atoms with Crippen LogP contribution in [0, 0.1) is 0 Å². The maximum Gasteiger partial charge on any atom is 0.341 e. The highest BCUT2D eigenvalue weighted by Gasteiger charge is 2.23. The van der Waals surface area contributed by atoms with Crippen molar-refractivity contribution in [2.75, 3.05) is 18.2 Å². The molecule has 0 unspecified atom stereocenters. The molecule has 0 spiro atoms. The molecule has 4 rings (SSSR count). The lowest BCUT2D eigenvalue weighted by atomic mass is 10.0. The van der Waals surface area contributed by atoms with Crippen molar-refractivity contribution >= 4 is 62.9 Å². The first-order valence-corrected chi connectivity index (χ1v) is 13.1. The number of thiophene rings is 2. The van der Waals surface area contributed by atoms with Crippen LogP contribution in [-0.4, -0.2) is 39.5 Å². The van der Waals surface area contributed by atoms with Gasteiger partial charge in [0, 0.05) is 22.5 Å². The summed E-state index contributed by atoms with van der Waals surface area (Å²) in [5, 5.41) is 16.8. The van der Waals surface area contributed by atoms with E-state index in [0.29, 0.717) is 32.9 Å². The number of amides is 1. The summed E-state index contributed by atoms with van der Waals surface area (Å²) in [6.45, 7) is 4.33. The second-order valence-electron chi connectivity index (χ2n) is 6.87. The molecule has 0 aliphatic rings. The Morgan fingerprint density at radius 2 is 2.03 bits per heavy atom. The number of anilines is 1. The summed E-state index contributed by atoms with van der Waals surface area (Å²) in [4.78, 5) is 26.3. The van der Waals surface area contributed by atoms with Gasteiger partial charge in [-0.25, -0.2) is 4.79 Å². The Hall–Kier alpha value is -2.92. The van der Waals surface area contributed by atoms with Gasteiger partial charge in [-0.3, -0.25) is 9.36 Å². The zero-order valence-electron chi connectivity index (χ0n) is 18.0. The van der Waals surface area contributed by atoms with Crippen molar-refractivity contribution in [3.63, 3.8) is 0 Å². The second kappa shape index (κ2) is 11.0. The minimum absolute atomic E-state index is 0.0918. The Morgan fingerprint density at radius 1 is 1.24 bits per heavy atom. The number of aromatic nitrogens is 3. The number of nitrogens with zero attached hydrogens (tertiary/aromatic N) is 3. The summed E-state index contributed by atoms with van der Waals surface area (Å²) in [6, 6.07) is 11.0. The fraction of sp³-hybridized carbons (Fsp3) is 0.130. The van der Waals surface area contributed by atoms with Crippen LogP contribution in [0.2, 0.25) is 5.02 Å². The number of halogens is 1. The number of rotatable bonds is 9. The number of benzene rings is 1. The molecule has 0 saturated heterocycles. The largest absolute Gasteiger partial charge is 0.465 e. The number of thioether (sulfide) groups is 1. The van der Waals surface area contributed by atoms with Crippen LogP contribution in [0.15, 0.2) is 65.0 Å². The molecule has 1 aromatic carbocycles. The summed E-state index contributed by atoms with van der Waals surface area (Å²) in [5.74, 6) is 0.0247. The van der Waals surface area contributed by atoms with E-state index >= 15 is 0 Å². The van der Waals surface area contributed by atoms with Crippen molar-refractivity contribution in [1.29, 1.82) is 0 Å². The lowest BCUT2D eigenvalue weighted by Gasteiger charge is -2.09. The van der Waals surface area contributed by atoms with Crippen molar-refractivity contribution in [1.82, 2.24) is 14.8 Å². The Labute approximate surface area is 213 Å². The van der Waals surface area contributed by atoms with Gasteiger partial charge >= 0.3 is 5.97 Å². The summed E-state index contributed by atoms with van der Waals surface area (Å²) in [5.41, 5.74) is 1.78. The quantitative estimate of drug-likeness (QED) is 0.160. The molecule has 1 N–H and O–H groups in total. The average Bonchev–Trinajstić information content (AvgIpc) is 3.58. The lowest BCUT2D eigenvalue weighted by Crippen LogP contribution is -2.16. The Bertz CT molecular complexity index is 1310. The molecular formula is C23H19ClN4O3S3. The minimum atomic E-state index is -0.527. The molecule has 0 saturated carbocycles. The molecule has 0 fully saturated rings. The Kier molecular flexibility index (Phi) is 7.84. The van der Waals surface area contributed by atoms with E-state index in [9.17, 15) is 9.59 Å². The minimum Gasteiger partial charge on any atom is -0.465 e. The highest BCUT2D eigenvalue weighted by molar-refractivity contribution is 7.99. The third-order valence-electron chi connectivity index (χ3n) is 4.69. The first-order valence-electron chi connectivity index (χ1n) is 9.98. The van der Waals surface area contributed by atoms with Gasteiger partial charge < -0.3 is 10.1 Å². The van der Waals surface area contributed by atoms with E-state index in [-0.39, 0.29) is 11.7 Å². The van der Waals surface area contributed by atoms with Gasteiger partial charge in [0.15, 0.2) is 11.0 Å². The summed E-state index contributed by atoms with van der Waals surface area (Å²) >= 11 is 10.1. The zero-order chi connectivity index (χ0) is 24.1. The molecule has 174 valence electrons. The summed E-state index contributed by atoms with van der Waals surface area (Å²) < 4.78 is 6.89. The van der Waals surface area contributed by atoms with Crippen molar-refractivity contribution in [2.45, 2.75) is 11.7 Å². The molecule has 0 radical (unpaired) electrons. The van der Waals surface area contributed by atoms with Gasteiger partial charge in [-0.1, -0.05) is 47.6 Å². The normalized spacial score (nSPS) is 10.8. The number of carbonyl (C=O) groups excluding carboxylic acids is 2. The predicted molar refractivity (Wildman–Crippen MR) is 139 cm³/mol. The second-order valence-corrected chi connectivity index (χ2v) is 10.1. The molecule has 0 aliphatic heterocycles. The standard InChI is InChI=1S/C23H19ClN4O3S3/c1-3-10-28-20(17-5-4-11-32-17)26-27-23(28)34-13-18(29)25-21-19(22(30)31-2)16(12-33-21)14-6-8-15(24)9-7-14/h3-9,11-12H,1,10,13H2,2H3,(H,25,29). The molecule has 11 heteroatoms. The first-order chi connectivity index (χ1) is 16.5. The number of hydrogen-bond acceptors (Lipinski definition) is 8. The number of hydrogen-bond donors (Lipinski definition) is 1. The topological polar surface area (TPSA) is 86.1 Å². The molecule has 3 aromatic heterocycles. The monoisotopic (exact) mass is 530 g/mol. The van der Waals surface area contributed by atoms with Crippen molar-refractivity contribution in [2.24, 2.45) is 0 Å². The molecule has 0 aliphatic carbocycles. The molecule has 0 bridgehead atoms. The van der Waals surface area contributed by atoms with Crippen LogP contribution in [0.1, 0.15) is 10.4 Å². The van der Waals surface area contributed by atoms with Crippen molar-refractivity contribution < 1.29 is 14.3 Å². The smallest absolute Gasteiger partial charge is 0.341 e. The number of carbonyl (C=O) groups is 2. The number of allylic oxidation sites excluding steroid dienone is 1. The van der Waals surface area contributed by atoms with Crippen LogP contribution in [0.5, 0.6) is 0 Å². The molecule has 34 heavy (non-hydrogen) atoms. The van der Waals surface area contributed by atoms with Crippen LogP contribution < -0.4 is 5.32 Å². The number of nitrogens with one attached hydrogen (secondary N) is 1. The van der Waals surface area contributed by atoms with Crippen LogP contribution in [0.25, 0.3) is 21.8 Å². The highest BCUT2D eigenvalue weighted by atomic mass is 35.5. The van der Waals surface area contributed by atoms with E-state index < -0.39 is 5.97 Å². The summed E-state index contributed by atoms with van der Waals surface area (Å²) in [6.07, 6.45) is 1.76. The maximum atomic E-state index is 12.8. The van der Waals surface area contributed by atoms with E-state index in [0.717, 1.165) is 16.3 Å². The molecule has 4 aromatic rings. The fourth-order valence-corrected chi connectivity index (χ4v) is 5.73. The van der Waals surface area contributed by atoms with Crippen molar-refractivity contribution in [3.8, 4) is 21.8 Å². The molecule has 0 atom stereocenters. The maximum absolute atomic E-state index is 12.8. The SMILES string of the molecule is C=CCn1c(SCC(=O)Nc2scc(-c3ccc(Cl)cc3)c2C(=O)OC)nnc1-c1cccs1. The van der Waals surface area contributed by atoms with Gasteiger partial charge in [-0.2, -0.15) is 0 Å². The third-order valence-corrected chi connectivity index (χ3v) is 7.67. The lowest BCUT2D eigenvalue weighted by molar-refractivity contribution is -0.113. The Morgan fingerprint density at radius 3 is 2.71 bits per heavy atom. The average molecular weight is 531 g/mol. The van der Waals surface area contributed by atoms with E-state index in [1.165, 1.54) is 30.2 Å². The van der Waals surface area contributed by atoms with Gasteiger partial charge in [0.2, 0.25) is 5.91 Å². The van der Waals surface area contributed by atoms with Crippen LogP contribution in [0.4, 0.5) is 5.00 Å². The van der Waals surface area contributed by atoms with E-state index in [2.05, 4.69) is 22.1 Å². The van der Waals surface area contributed by atoms with E-state index in [4.69, 9.17) is 16.3 Å². The number of esters is 1. The summed E-state index contributed by atoms with van der Waals surface area (Å²) in [7, 11) is 1.31. The Balaban J connectivity index is 1.51. The van der Waals surface area contributed by atoms with Crippen LogP contribution in [0.3, 0.4) is 0 Å². The zero-order valence-corrected chi connectivity index (χ0v) is 21.2. The van der Waals surface area contributed by atoms with E-state index in [1.807, 2.05) is 39.6 Å².